The Kier molecular flexibility index (Phi) is 13.5. The Labute approximate surface area is 429 Å². The van der Waals surface area contributed by atoms with Crippen LogP contribution in [0, 0.1) is 0 Å². The number of carbonyl (C=O) groups is 6. The van der Waals surface area contributed by atoms with Gasteiger partial charge in [0.15, 0.2) is 98.5 Å². The van der Waals surface area contributed by atoms with E-state index >= 15 is 0 Å². The van der Waals surface area contributed by atoms with Crippen LogP contribution in [0.3, 0.4) is 0 Å². The summed E-state index contributed by atoms with van der Waals surface area (Å²) in [5.41, 5.74) is -7.84. The number of phenols is 17. The smallest absolute Gasteiger partial charge is 0.343 e. The summed E-state index contributed by atoms with van der Waals surface area (Å²) in [5.74, 6) is -32.4. The fourth-order valence-electron chi connectivity index (χ4n) is 7.72. The van der Waals surface area contributed by atoms with Gasteiger partial charge in [0.05, 0.1) is 33.4 Å². The van der Waals surface area contributed by atoms with Gasteiger partial charge in [0.1, 0.15) is 12.7 Å². The Morgan fingerprint density at radius 1 is 0.397 bits per heavy atom. The first kappa shape index (κ1) is 53.0. The first-order valence-corrected chi connectivity index (χ1v) is 21.4. The number of rotatable bonds is 8. The monoisotopic (exact) mass is 1090 g/mol. The van der Waals surface area contributed by atoms with Crippen molar-refractivity contribution in [2.75, 3.05) is 6.61 Å². The van der Waals surface area contributed by atoms with E-state index in [0.29, 0.717) is 60.7 Å². The van der Waals surface area contributed by atoms with Crippen molar-refractivity contribution in [1.29, 1.82) is 0 Å². The van der Waals surface area contributed by atoms with E-state index in [1.54, 1.807) is 0 Å². The Hall–Kier alpha value is -11.3. The van der Waals surface area contributed by atoms with Crippen molar-refractivity contribution >= 4 is 35.8 Å². The molecule has 0 saturated carbocycles. The molecule has 2 heterocycles. The quantitative estimate of drug-likeness (QED) is 0.0450. The summed E-state index contributed by atoms with van der Waals surface area (Å²) in [7, 11) is 0. The number of ether oxygens (including phenoxy) is 7. The van der Waals surface area contributed by atoms with E-state index in [9.17, 15) is 116 Å². The molecule has 8 rings (SSSR count). The van der Waals surface area contributed by atoms with Gasteiger partial charge in [-0.1, -0.05) is 0 Å². The highest BCUT2D eigenvalue weighted by molar-refractivity contribution is 6.08. The highest BCUT2D eigenvalue weighted by Crippen LogP contribution is 2.53. The van der Waals surface area contributed by atoms with Crippen LogP contribution < -0.4 is 4.74 Å². The van der Waals surface area contributed by atoms with Gasteiger partial charge >= 0.3 is 35.8 Å². The van der Waals surface area contributed by atoms with Gasteiger partial charge in [0.25, 0.3) is 0 Å². The van der Waals surface area contributed by atoms with Crippen LogP contribution in [0.5, 0.6) is 103 Å². The van der Waals surface area contributed by atoms with E-state index in [0.717, 1.165) is 0 Å². The minimum atomic E-state index is -2.68. The van der Waals surface area contributed by atoms with E-state index < -0.39 is 221 Å². The molecule has 0 aromatic heterocycles. The van der Waals surface area contributed by atoms with Crippen molar-refractivity contribution in [3.63, 3.8) is 0 Å². The maximum Gasteiger partial charge on any atom is 0.343 e. The van der Waals surface area contributed by atoms with Crippen LogP contribution in [-0.2, 0) is 28.4 Å². The third kappa shape index (κ3) is 9.56. The molecular weight excluding hydrogens is 1060 g/mol. The highest BCUT2D eigenvalue weighted by Gasteiger charge is 2.55. The fraction of sp³-hybridized carbons (Fsp3) is 0.125. The van der Waals surface area contributed by atoms with Crippen molar-refractivity contribution in [3.8, 4) is 115 Å². The van der Waals surface area contributed by atoms with Gasteiger partial charge in [0, 0.05) is 11.1 Å². The predicted molar refractivity (Wildman–Crippen MR) is 243 cm³/mol. The maximum atomic E-state index is 14.6. The molecule has 406 valence electrons. The standard InChI is InChI=1S/C48H34O30/c49-18-1-12(2-19(50)31(18)58)42(66)73-27-8-15(7-24(55)34(27)61)44(68)76-40-39-28(11-72-46(70)16-9-25(56)35(62)37(64)29(16)30-17(47(71)75-39)10-26(57)36(63)38(30)65)74-48(78-45(69)14-5-22(53)33(60)23(54)6-14)41(40)77-43(67)13-3-20(51)32(59)21(52)4-13/h1-10,28,39-41,48-65H,11H2/t28-,39-,40+,41-,48+/m1/s1. The van der Waals surface area contributed by atoms with Crippen LogP contribution in [0.4, 0.5) is 0 Å². The Morgan fingerprint density at radius 3 is 1.21 bits per heavy atom. The van der Waals surface area contributed by atoms with Crippen molar-refractivity contribution < 1.29 is 149 Å². The molecule has 78 heavy (non-hydrogen) atoms. The van der Waals surface area contributed by atoms with Gasteiger partial charge in [-0.2, -0.15) is 0 Å². The molecule has 2 aliphatic heterocycles. The molecule has 1 fully saturated rings. The Balaban J connectivity index is 1.31. The lowest BCUT2D eigenvalue weighted by Crippen LogP contribution is -2.63. The molecule has 0 radical (unpaired) electrons. The van der Waals surface area contributed by atoms with Crippen molar-refractivity contribution in [3.05, 3.63) is 94.0 Å². The first-order valence-electron chi connectivity index (χ1n) is 21.4. The second kappa shape index (κ2) is 19.9. The predicted octanol–water partition coefficient (Wildman–Crippen LogP) is 2.30. The maximum absolute atomic E-state index is 14.6. The largest absolute Gasteiger partial charge is 0.504 e. The number of hydrogen-bond acceptors (Lipinski definition) is 30. The molecule has 6 aromatic rings. The summed E-state index contributed by atoms with van der Waals surface area (Å²) < 4.78 is 38.8. The molecule has 30 heteroatoms. The summed E-state index contributed by atoms with van der Waals surface area (Å²) >= 11 is 0. The second-order valence-electron chi connectivity index (χ2n) is 16.5. The molecule has 2 aliphatic rings. The molecule has 0 amide bonds. The van der Waals surface area contributed by atoms with E-state index in [2.05, 4.69) is 0 Å². The molecule has 30 nitrogen and oxygen atoms in total. The number of cyclic esters (lactones) is 1. The average molecular weight is 1090 g/mol. The van der Waals surface area contributed by atoms with Crippen LogP contribution in [0.25, 0.3) is 11.1 Å². The summed E-state index contributed by atoms with van der Waals surface area (Å²) in [6, 6.07) is 4.95. The number of aromatic hydroxyl groups is 17. The molecule has 0 aliphatic carbocycles. The minimum Gasteiger partial charge on any atom is -0.504 e. The van der Waals surface area contributed by atoms with Gasteiger partial charge < -0.3 is 120 Å². The zero-order valence-corrected chi connectivity index (χ0v) is 38.3. The van der Waals surface area contributed by atoms with Crippen LogP contribution in [0.2, 0.25) is 0 Å². The van der Waals surface area contributed by atoms with Gasteiger partial charge in [-0.25, -0.2) is 28.8 Å². The summed E-state index contributed by atoms with van der Waals surface area (Å²) in [4.78, 5) is 84.2. The summed E-state index contributed by atoms with van der Waals surface area (Å²) in [6.07, 6.45) is -12.8. The van der Waals surface area contributed by atoms with Crippen molar-refractivity contribution in [2.45, 2.75) is 30.7 Å². The number of fused-ring (bicyclic) bond motifs is 4. The zero-order valence-electron chi connectivity index (χ0n) is 38.3. The van der Waals surface area contributed by atoms with E-state index in [1.165, 1.54) is 0 Å². The number of hydrogen-bond donors (Lipinski definition) is 17. The number of carbonyl (C=O) groups excluding carboxylic acids is 6. The molecule has 0 bridgehead atoms. The molecule has 5 atom stereocenters. The zero-order chi connectivity index (χ0) is 57.1. The highest BCUT2D eigenvalue weighted by atomic mass is 16.7. The van der Waals surface area contributed by atoms with E-state index in [-0.39, 0.29) is 0 Å². The third-order valence-electron chi connectivity index (χ3n) is 11.5. The van der Waals surface area contributed by atoms with Crippen molar-refractivity contribution in [1.82, 2.24) is 0 Å². The van der Waals surface area contributed by atoms with Gasteiger partial charge in [-0.15, -0.1) is 0 Å². The minimum absolute atomic E-state index is 0.361. The normalized spacial score (nSPS) is 17.8. The van der Waals surface area contributed by atoms with Gasteiger partial charge in [-0.05, 0) is 60.7 Å². The number of phenolic OH excluding ortho intramolecular Hbond substituents is 17. The average Bonchev–Trinajstić information content (AvgIpc) is 3.41. The van der Waals surface area contributed by atoms with Crippen LogP contribution in [0.15, 0.2) is 60.7 Å². The van der Waals surface area contributed by atoms with Gasteiger partial charge in [-0.3, -0.25) is 0 Å². The van der Waals surface area contributed by atoms with Crippen LogP contribution >= 0.6 is 0 Å². The van der Waals surface area contributed by atoms with Gasteiger partial charge in [0.2, 0.25) is 29.6 Å². The van der Waals surface area contributed by atoms with Crippen molar-refractivity contribution in [2.24, 2.45) is 0 Å². The molecule has 6 aromatic carbocycles. The summed E-state index contributed by atoms with van der Waals surface area (Å²) in [5, 5.41) is 176. The van der Waals surface area contributed by atoms with E-state index in [1.807, 2.05) is 0 Å². The Bertz CT molecular complexity index is 3500. The lowest BCUT2D eigenvalue weighted by atomic mass is 9.92. The SMILES string of the molecule is O=C(Oc1cc(C(=O)O[C@@H]2[C@@H](OC(=O)c3cc(O)c(O)c(O)c3)[C@H](OC(=O)c3cc(O)c(O)c(O)c3)O[C@@H]3COC(=O)c4cc(O)c(O)c(O)c4-c4c(cc(O)c(O)c4O)C(=O)O[C@@H]23)cc(O)c1O)c1cc(O)c(O)c(O)c1. The number of benzene rings is 6. The molecular formula is C48H34O30. The molecule has 1 saturated heterocycles. The first-order chi connectivity index (χ1) is 36.7. The molecule has 17 N–H and O–H groups in total. The van der Waals surface area contributed by atoms with Crippen LogP contribution in [-0.4, -0.2) is 160 Å². The molecule has 0 spiro atoms. The lowest BCUT2D eigenvalue weighted by molar-refractivity contribution is -0.282. The fourth-order valence-corrected chi connectivity index (χ4v) is 7.72. The van der Waals surface area contributed by atoms with Crippen LogP contribution in [0.1, 0.15) is 62.1 Å². The van der Waals surface area contributed by atoms with E-state index in [4.69, 9.17) is 33.2 Å². The number of esters is 6. The Morgan fingerprint density at radius 2 is 0.756 bits per heavy atom. The molecule has 0 unspecified atom stereocenters. The third-order valence-corrected chi connectivity index (χ3v) is 11.5. The lowest BCUT2D eigenvalue weighted by Gasteiger charge is -2.43. The summed E-state index contributed by atoms with van der Waals surface area (Å²) in [6.45, 7) is -1.34. The topological polar surface area (TPSA) is 511 Å². The second-order valence-corrected chi connectivity index (χ2v) is 16.5.